The maximum atomic E-state index is 13.0. The zero-order valence-electron chi connectivity index (χ0n) is 16.8. The highest BCUT2D eigenvalue weighted by molar-refractivity contribution is 5.94. The summed E-state index contributed by atoms with van der Waals surface area (Å²) in [6, 6.07) is 12.7. The summed E-state index contributed by atoms with van der Waals surface area (Å²) < 4.78 is 18.7. The van der Waals surface area contributed by atoms with Crippen molar-refractivity contribution in [3.05, 3.63) is 65.5 Å². The number of hydrogen-bond acceptors (Lipinski definition) is 3. The molecule has 0 saturated carbocycles. The Hall–Kier alpha value is -2.89. The number of hydrogen-bond donors (Lipinski definition) is 1. The first-order valence-corrected chi connectivity index (χ1v) is 9.38. The van der Waals surface area contributed by atoms with E-state index >= 15 is 0 Å². The molecule has 2 aromatic carbocycles. The summed E-state index contributed by atoms with van der Waals surface area (Å²) >= 11 is 0. The van der Waals surface area contributed by atoms with E-state index in [1.807, 2.05) is 26.0 Å². The van der Waals surface area contributed by atoms with Gasteiger partial charge in [-0.25, -0.2) is 4.39 Å². The lowest BCUT2D eigenvalue weighted by Crippen LogP contribution is -2.46. The third-order valence-electron chi connectivity index (χ3n) is 4.44. The van der Waals surface area contributed by atoms with Crippen LogP contribution in [0.4, 0.5) is 4.39 Å². The molecule has 1 N–H and O–H groups in total. The largest absolute Gasteiger partial charge is 0.478 e. The molecule has 0 radical (unpaired) electrons. The molecule has 0 unspecified atom stereocenters. The molecule has 2 aromatic rings. The average Bonchev–Trinajstić information content (AvgIpc) is 2.69. The van der Waals surface area contributed by atoms with Crippen LogP contribution in [0.3, 0.4) is 0 Å². The van der Waals surface area contributed by atoms with Gasteiger partial charge in [0.05, 0.1) is 0 Å². The van der Waals surface area contributed by atoms with E-state index in [0.29, 0.717) is 30.9 Å². The molecule has 0 aliphatic carbocycles. The number of halogens is 1. The molecule has 0 bridgehead atoms. The van der Waals surface area contributed by atoms with E-state index in [1.165, 1.54) is 24.3 Å². The Morgan fingerprint density at radius 3 is 2.11 bits per heavy atom. The van der Waals surface area contributed by atoms with Crippen LogP contribution in [0.5, 0.6) is 5.75 Å². The monoisotopic (exact) mass is 386 g/mol. The topological polar surface area (TPSA) is 58.6 Å². The van der Waals surface area contributed by atoms with E-state index < -0.39 is 5.60 Å². The second-order valence-electron chi connectivity index (χ2n) is 6.92. The van der Waals surface area contributed by atoms with E-state index in [0.717, 1.165) is 5.56 Å². The summed E-state index contributed by atoms with van der Waals surface area (Å²) in [7, 11) is 0. The standard InChI is InChI=1S/C22H27FN2O3/c1-5-25(6-2)20(26)17-9-7-16(8-10-17)15-24-21(27)22(3,4)28-19-13-11-18(23)12-14-19/h7-14H,5-6,15H2,1-4H3,(H,24,27). The fourth-order valence-electron chi connectivity index (χ4n) is 2.70. The highest BCUT2D eigenvalue weighted by atomic mass is 19.1. The number of nitrogens with one attached hydrogen (secondary N) is 1. The fraction of sp³-hybridized carbons (Fsp3) is 0.364. The fourth-order valence-corrected chi connectivity index (χ4v) is 2.70. The Bertz CT molecular complexity index is 798. The van der Waals surface area contributed by atoms with Crippen LogP contribution in [0, 0.1) is 5.82 Å². The van der Waals surface area contributed by atoms with Crippen molar-refractivity contribution < 1.29 is 18.7 Å². The summed E-state index contributed by atoms with van der Waals surface area (Å²) in [4.78, 5) is 26.6. The number of amides is 2. The molecule has 0 spiro atoms. The molecule has 0 atom stereocenters. The summed E-state index contributed by atoms with van der Waals surface area (Å²) in [6.07, 6.45) is 0. The van der Waals surface area contributed by atoms with Gasteiger partial charge in [0.1, 0.15) is 11.6 Å². The van der Waals surface area contributed by atoms with Crippen molar-refractivity contribution in [2.75, 3.05) is 13.1 Å². The SMILES string of the molecule is CCN(CC)C(=O)c1ccc(CNC(=O)C(C)(C)Oc2ccc(F)cc2)cc1. The third kappa shape index (κ3) is 5.55. The minimum Gasteiger partial charge on any atom is -0.478 e. The molecule has 0 aliphatic heterocycles. The number of rotatable bonds is 8. The number of benzene rings is 2. The first-order chi connectivity index (χ1) is 13.3. The minimum atomic E-state index is -1.11. The Labute approximate surface area is 165 Å². The summed E-state index contributed by atoms with van der Waals surface area (Å²) in [5.74, 6) is -0.243. The number of nitrogens with zero attached hydrogens (tertiary/aromatic N) is 1. The van der Waals surface area contributed by atoms with Gasteiger partial charge in [-0.15, -0.1) is 0 Å². The van der Waals surface area contributed by atoms with Crippen LogP contribution >= 0.6 is 0 Å². The molecule has 0 aromatic heterocycles. The Morgan fingerprint density at radius 2 is 1.57 bits per heavy atom. The first-order valence-electron chi connectivity index (χ1n) is 9.38. The van der Waals surface area contributed by atoms with Crippen molar-refractivity contribution in [2.45, 2.75) is 39.8 Å². The van der Waals surface area contributed by atoms with Crippen molar-refractivity contribution in [3.8, 4) is 5.75 Å². The van der Waals surface area contributed by atoms with Gasteiger partial charge in [0.15, 0.2) is 5.60 Å². The first kappa shape index (κ1) is 21.4. The smallest absolute Gasteiger partial charge is 0.263 e. The highest BCUT2D eigenvalue weighted by Crippen LogP contribution is 2.19. The molecule has 28 heavy (non-hydrogen) atoms. The second-order valence-corrected chi connectivity index (χ2v) is 6.92. The molecule has 0 heterocycles. The van der Waals surface area contributed by atoms with Crippen LogP contribution in [-0.4, -0.2) is 35.4 Å². The Kier molecular flexibility index (Phi) is 7.15. The van der Waals surface area contributed by atoms with Crippen molar-refractivity contribution in [2.24, 2.45) is 0 Å². The number of carbonyl (C=O) groups is 2. The van der Waals surface area contributed by atoms with Crippen LogP contribution in [0.25, 0.3) is 0 Å². The molecule has 150 valence electrons. The molecular weight excluding hydrogens is 359 g/mol. The van der Waals surface area contributed by atoms with Crippen LogP contribution in [0.1, 0.15) is 43.6 Å². The van der Waals surface area contributed by atoms with Crippen molar-refractivity contribution in [1.82, 2.24) is 10.2 Å². The van der Waals surface area contributed by atoms with Crippen LogP contribution in [0.2, 0.25) is 0 Å². The van der Waals surface area contributed by atoms with Crippen molar-refractivity contribution in [3.63, 3.8) is 0 Å². The lowest BCUT2D eigenvalue weighted by Gasteiger charge is -2.25. The summed E-state index contributed by atoms with van der Waals surface area (Å²) in [6.45, 7) is 8.83. The van der Waals surface area contributed by atoms with Gasteiger partial charge in [-0.2, -0.15) is 0 Å². The van der Waals surface area contributed by atoms with Gasteiger partial charge >= 0.3 is 0 Å². The maximum absolute atomic E-state index is 13.0. The van der Waals surface area contributed by atoms with Gasteiger partial charge in [0.25, 0.3) is 11.8 Å². The summed E-state index contributed by atoms with van der Waals surface area (Å²) in [5, 5.41) is 2.83. The van der Waals surface area contributed by atoms with E-state index in [4.69, 9.17) is 4.74 Å². The quantitative estimate of drug-likeness (QED) is 0.751. The van der Waals surface area contributed by atoms with E-state index in [2.05, 4.69) is 5.32 Å². The number of ether oxygens (including phenoxy) is 1. The molecule has 0 aliphatic rings. The van der Waals surface area contributed by atoms with Gasteiger partial charge in [0.2, 0.25) is 0 Å². The normalized spacial score (nSPS) is 11.0. The maximum Gasteiger partial charge on any atom is 0.263 e. The van der Waals surface area contributed by atoms with Gasteiger partial charge in [0, 0.05) is 25.2 Å². The number of carbonyl (C=O) groups excluding carboxylic acids is 2. The third-order valence-corrected chi connectivity index (χ3v) is 4.44. The van der Waals surface area contributed by atoms with E-state index in [9.17, 15) is 14.0 Å². The molecule has 0 fully saturated rings. The zero-order valence-corrected chi connectivity index (χ0v) is 16.8. The molecule has 5 nitrogen and oxygen atoms in total. The van der Waals surface area contributed by atoms with Crippen LogP contribution in [-0.2, 0) is 11.3 Å². The van der Waals surface area contributed by atoms with Crippen molar-refractivity contribution in [1.29, 1.82) is 0 Å². The molecule has 6 heteroatoms. The minimum absolute atomic E-state index is 0.00517. The lowest BCUT2D eigenvalue weighted by molar-refractivity contribution is -0.134. The average molecular weight is 386 g/mol. The molecular formula is C22H27FN2O3. The summed E-state index contributed by atoms with van der Waals surface area (Å²) in [5.41, 5.74) is 0.386. The molecule has 2 amide bonds. The van der Waals surface area contributed by atoms with E-state index in [-0.39, 0.29) is 17.6 Å². The zero-order chi connectivity index (χ0) is 20.7. The van der Waals surface area contributed by atoms with Crippen LogP contribution < -0.4 is 10.1 Å². The van der Waals surface area contributed by atoms with Crippen molar-refractivity contribution >= 4 is 11.8 Å². The molecule has 0 saturated heterocycles. The predicted molar refractivity (Wildman–Crippen MR) is 107 cm³/mol. The van der Waals surface area contributed by atoms with Crippen LogP contribution in [0.15, 0.2) is 48.5 Å². The second kappa shape index (κ2) is 9.35. The Balaban J connectivity index is 1.94. The van der Waals surface area contributed by atoms with Gasteiger partial charge in [-0.05, 0) is 69.7 Å². The van der Waals surface area contributed by atoms with Gasteiger partial charge in [-0.3, -0.25) is 9.59 Å². The van der Waals surface area contributed by atoms with E-state index in [1.54, 1.807) is 30.9 Å². The Morgan fingerprint density at radius 1 is 1.00 bits per heavy atom. The highest BCUT2D eigenvalue weighted by Gasteiger charge is 2.29. The predicted octanol–water partition coefficient (Wildman–Crippen LogP) is 3.78. The lowest BCUT2D eigenvalue weighted by atomic mass is 10.1. The van der Waals surface area contributed by atoms with Gasteiger partial charge < -0.3 is 15.0 Å². The molecule has 2 rings (SSSR count). The van der Waals surface area contributed by atoms with Gasteiger partial charge in [-0.1, -0.05) is 12.1 Å².